The second-order valence-electron chi connectivity index (χ2n) is 8.44. The Hall–Kier alpha value is -2.47. The van der Waals surface area contributed by atoms with Crippen molar-refractivity contribution >= 4 is 17.2 Å². The van der Waals surface area contributed by atoms with Gasteiger partial charge in [0, 0.05) is 19.0 Å². The Morgan fingerprint density at radius 1 is 1.10 bits per heavy atom. The molecule has 0 bridgehead atoms. The van der Waals surface area contributed by atoms with Crippen LogP contribution in [-0.4, -0.2) is 38.7 Å². The summed E-state index contributed by atoms with van der Waals surface area (Å²) in [5.74, 6) is 1.46. The van der Waals surface area contributed by atoms with E-state index in [-0.39, 0.29) is 17.2 Å². The highest BCUT2D eigenvalue weighted by molar-refractivity contribution is 7.12. The Kier molecular flexibility index (Phi) is 4.96. The van der Waals surface area contributed by atoms with Gasteiger partial charge in [-0.25, -0.2) is 0 Å². The smallest absolute Gasteiger partial charge is 0.263 e. The van der Waals surface area contributed by atoms with E-state index < -0.39 is 0 Å². The molecule has 5 rings (SSSR count). The predicted octanol–water partition coefficient (Wildman–Crippen LogP) is 4.58. The largest absolute Gasteiger partial charge is 0.337 e. The zero-order valence-corrected chi connectivity index (χ0v) is 17.4. The number of nitrogens with zero attached hydrogens (tertiary/aromatic N) is 4. The summed E-state index contributed by atoms with van der Waals surface area (Å²) >= 11 is 1.53. The number of carbonyl (C=O) groups is 1. The molecule has 150 valence electrons. The molecule has 3 aromatic rings. The number of hydrogen-bond donors (Lipinski definition) is 0. The fourth-order valence-corrected chi connectivity index (χ4v) is 5.92. The molecule has 1 saturated carbocycles. The van der Waals surface area contributed by atoms with Gasteiger partial charge < -0.3 is 9.47 Å². The van der Waals surface area contributed by atoms with Crippen LogP contribution < -0.4 is 0 Å². The Balaban J connectivity index is 1.46. The third-order valence-corrected chi connectivity index (χ3v) is 7.53. The summed E-state index contributed by atoms with van der Waals surface area (Å²) < 4.78 is 2.19. The Morgan fingerprint density at radius 2 is 1.93 bits per heavy atom. The highest BCUT2D eigenvalue weighted by Gasteiger charge is 2.50. The molecule has 1 aromatic carbocycles. The Morgan fingerprint density at radius 3 is 2.69 bits per heavy atom. The second-order valence-corrected chi connectivity index (χ2v) is 9.39. The van der Waals surface area contributed by atoms with Crippen molar-refractivity contribution in [2.75, 3.05) is 13.1 Å². The van der Waals surface area contributed by atoms with Gasteiger partial charge in [0.25, 0.3) is 5.91 Å². The van der Waals surface area contributed by atoms with Crippen LogP contribution >= 0.6 is 11.3 Å². The lowest BCUT2D eigenvalue weighted by atomic mass is 9.67. The molecule has 1 atom stereocenters. The SMILES string of the molecule is O=C(c1cccs1)N1CC(c2nncn2Cc2ccccc2)C2(CCCCC2)C1. The Labute approximate surface area is 175 Å². The molecule has 3 heterocycles. The number of aromatic nitrogens is 3. The summed E-state index contributed by atoms with van der Waals surface area (Å²) in [4.78, 5) is 16.0. The van der Waals surface area contributed by atoms with E-state index in [9.17, 15) is 4.79 Å². The molecule has 1 aliphatic carbocycles. The second kappa shape index (κ2) is 7.75. The van der Waals surface area contributed by atoms with Crippen LogP contribution in [0.4, 0.5) is 0 Å². The minimum atomic E-state index is 0.132. The topological polar surface area (TPSA) is 51.0 Å². The quantitative estimate of drug-likeness (QED) is 0.637. The van der Waals surface area contributed by atoms with E-state index in [0.29, 0.717) is 0 Å². The molecule has 2 aliphatic rings. The van der Waals surface area contributed by atoms with E-state index >= 15 is 0 Å². The van der Waals surface area contributed by atoms with Gasteiger partial charge >= 0.3 is 0 Å². The fourth-order valence-electron chi connectivity index (χ4n) is 5.23. The van der Waals surface area contributed by atoms with Crippen LogP contribution in [-0.2, 0) is 6.54 Å². The number of hydrogen-bond acceptors (Lipinski definition) is 4. The van der Waals surface area contributed by atoms with Crippen LogP contribution in [0.5, 0.6) is 0 Å². The van der Waals surface area contributed by atoms with Crippen molar-refractivity contribution in [3.05, 3.63) is 70.4 Å². The number of benzene rings is 1. The van der Waals surface area contributed by atoms with Gasteiger partial charge in [-0.15, -0.1) is 21.5 Å². The van der Waals surface area contributed by atoms with Crippen molar-refractivity contribution in [1.29, 1.82) is 0 Å². The lowest BCUT2D eigenvalue weighted by Gasteiger charge is -2.37. The molecule has 2 aromatic heterocycles. The minimum absolute atomic E-state index is 0.132. The summed E-state index contributed by atoms with van der Waals surface area (Å²) in [6.45, 7) is 2.35. The van der Waals surface area contributed by atoms with Crippen molar-refractivity contribution in [1.82, 2.24) is 19.7 Å². The molecule has 1 saturated heterocycles. The first-order valence-electron chi connectivity index (χ1n) is 10.5. The molecule has 1 aliphatic heterocycles. The lowest BCUT2D eigenvalue weighted by Crippen LogP contribution is -2.34. The summed E-state index contributed by atoms with van der Waals surface area (Å²) in [5.41, 5.74) is 1.38. The monoisotopic (exact) mass is 406 g/mol. The van der Waals surface area contributed by atoms with Gasteiger partial charge in [0.05, 0.1) is 11.4 Å². The van der Waals surface area contributed by atoms with Crippen LogP contribution in [0.25, 0.3) is 0 Å². The molecule has 6 heteroatoms. The van der Waals surface area contributed by atoms with Crippen molar-refractivity contribution in [3.63, 3.8) is 0 Å². The van der Waals surface area contributed by atoms with Crippen molar-refractivity contribution in [2.45, 2.75) is 44.6 Å². The lowest BCUT2D eigenvalue weighted by molar-refractivity contribution is 0.0763. The van der Waals surface area contributed by atoms with Gasteiger partial charge in [-0.05, 0) is 35.3 Å². The molecule has 1 unspecified atom stereocenters. The number of rotatable bonds is 4. The molecule has 2 fully saturated rings. The van der Waals surface area contributed by atoms with E-state index in [1.165, 1.54) is 49.0 Å². The standard InChI is InChI=1S/C23H26N4OS/c28-22(20-10-7-13-29-20)26-15-19(23(16-26)11-5-2-6-12-23)21-25-24-17-27(21)14-18-8-3-1-4-9-18/h1,3-4,7-10,13,17,19H,2,5-6,11-12,14-16H2. The minimum Gasteiger partial charge on any atom is -0.337 e. The van der Waals surface area contributed by atoms with Crippen molar-refractivity contribution in [3.8, 4) is 0 Å². The first-order valence-corrected chi connectivity index (χ1v) is 11.4. The molecule has 29 heavy (non-hydrogen) atoms. The molecule has 0 radical (unpaired) electrons. The first-order chi connectivity index (χ1) is 14.3. The maximum absolute atomic E-state index is 13.1. The normalized spacial score (nSPS) is 21.0. The third-order valence-electron chi connectivity index (χ3n) is 6.67. The van der Waals surface area contributed by atoms with E-state index in [1.807, 2.05) is 29.9 Å². The van der Waals surface area contributed by atoms with Crippen LogP contribution in [0.2, 0.25) is 0 Å². The molecular weight excluding hydrogens is 380 g/mol. The van der Waals surface area contributed by atoms with Gasteiger partial charge in [0.1, 0.15) is 12.2 Å². The molecule has 0 N–H and O–H groups in total. The highest BCUT2D eigenvalue weighted by atomic mass is 32.1. The molecule has 5 nitrogen and oxygen atoms in total. The van der Waals surface area contributed by atoms with Crippen LogP contribution in [0.15, 0.2) is 54.2 Å². The molecule has 1 spiro atoms. The first kappa shape index (κ1) is 18.6. The fraction of sp³-hybridized carbons (Fsp3) is 0.435. The van der Waals surface area contributed by atoms with E-state index in [2.05, 4.69) is 43.9 Å². The number of amides is 1. The maximum Gasteiger partial charge on any atom is 0.263 e. The predicted molar refractivity (Wildman–Crippen MR) is 114 cm³/mol. The average Bonchev–Trinajstić information content (AvgIpc) is 3.50. The molecule has 1 amide bonds. The van der Waals surface area contributed by atoms with E-state index in [0.717, 1.165) is 30.3 Å². The molecular formula is C23H26N4OS. The van der Waals surface area contributed by atoms with E-state index in [4.69, 9.17) is 0 Å². The van der Waals surface area contributed by atoms with Gasteiger partial charge in [-0.1, -0.05) is 55.7 Å². The van der Waals surface area contributed by atoms with E-state index in [1.54, 1.807) is 0 Å². The number of carbonyl (C=O) groups excluding carboxylic acids is 1. The number of thiophene rings is 1. The highest BCUT2D eigenvalue weighted by Crippen LogP contribution is 2.52. The summed E-state index contributed by atoms with van der Waals surface area (Å²) in [7, 11) is 0. The number of likely N-dealkylation sites (tertiary alicyclic amines) is 1. The zero-order valence-electron chi connectivity index (χ0n) is 16.5. The van der Waals surface area contributed by atoms with Crippen LogP contribution in [0, 0.1) is 5.41 Å². The maximum atomic E-state index is 13.1. The zero-order chi connectivity index (χ0) is 19.7. The van der Waals surface area contributed by atoms with Crippen molar-refractivity contribution in [2.24, 2.45) is 5.41 Å². The summed E-state index contributed by atoms with van der Waals surface area (Å²) in [6, 6.07) is 14.4. The van der Waals surface area contributed by atoms with Crippen LogP contribution in [0.1, 0.15) is 59.1 Å². The van der Waals surface area contributed by atoms with Crippen LogP contribution in [0.3, 0.4) is 0 Å². The van der Waals surface area contributed by atoms with Gasteiger partial charge in [0.15, 0.2) is 0 Å². The Bertz CT molecular complexity index is 960. The average molecular weight is 407 g/mol. The summed E-state index contributed by atoms with van der Waals surface area (Å²) in [6.07, 6.45) is 7.97. The van der Waals surface area contributed by atoms with Gasteiger partial charge in [-0.3, -0.25) is 4.79 Å². The third kappa shape index (κ3) is 3.50. The summed E-state index contributed by atoms with van der Waals surface area (Å²) in [5, 5.41) is 10.8. The van der Waals surface area contributed by atoms with Gasteiger partial charge in [-0.2, -0.15) is 0 Å². The van der Waals surface area contributed by atoms with Gasteiger partial charge in [0.2, 0.25) is 0 Å². The van der Waals surface area contributed by atoms with Crippen molar-refractivity contribution < 1.29 is 4.79 Å².